The number of fused-ring (bicyclic) bond motifs is 1. The van der Waals surface area contributed by atoms with Gasteiger partial charge in [0.15, 0.2) is 11.5 Å². The molecule has 2 aromatic rings. The number of ether oxygens (including phenoxy) is 2. The molecule has 2 heterocycles. The Kier molecular flexibility index (Phi) is 3.06. The van der Waals surface area contributed by atoms with Gasteiger partial charge in [0, 0.05) is 11.1 Å². The minimum Gasteiger partial charge on any atom is -0.454 e. The lowest BCUT2D eigenvalue weighted by molar-refractivity contribution is 0.102. The molecule has 0 aliphatic carbocycles. The van der Waals surface area contributed by atoms with E-state index in [2.05, 4.69) is 10.5 Å². The zero-order valence-electron chi connectivity index (χ0n) is 11.2. The third-order valence-electron chi connectivity index (χ3n) is 3.20. The molecule has 6 nitrogen and oxygen atoms in total. The quantitative estimate of drug-likeness (QED) is 0.931. The van der Waals surface area contributed by atoms with Crippen molar-refractivity contribution in [2.24, 2.45) is 0 Å². The maximum atomic E-state index is 12.2. The molecule has 0 unspecified atom stereocenters. The molecule has 1 N–H and O–H groups in total. The molecule has 1 amide bonds. The Morgan fingerprint density at radius 3 is 2.95 bits per heavy atom. The van der Waals surface area contributed by atoms with Gasteiger partial charge >= 0.3 is 0 Å². The molecule has 0 fully saturated rings. The van der Waals surface area contributed by atoms with Crippen molar-refractivity contribution in [3.63, 3.8) is 0 Å². The first kappa shape index (κ1) is 12.5. The van der Waals surface area contributed by atoms with E-state index in [1.807, 2.05) is 13.8 Å². The van der Waals surface area contributed by atoms with Gasteiger partial charge in [0.1, 0.15) is 0 Å². The number of carbonyl (C=O) groups is 1. The van der Waals surface area contributed by atoms with Crippen LogP contribution in [0, 0.1) is 6.92 Å². The maximum Gasteiger partial charge on any atom is 0.258 e. The first-order valence-corrected chi connectivity index (χ1v) is 6.35. The van der Waals surface area contributed by atoms with Crippen molar-refractivity contribution >= 4 is 11.8 Å². The zero-order chi connectivity index (χ0) is 14.1. The summed E-state index contributed by atoms with van der Waals surface area (Å²) >= 11 is 0. The van der Waals surface area contributed by atoms with Gasteiger partial charge in [0.25, 0.3) is 5.91 Å². The summed E-state index contributed by atoms with van der Waals surface area (Å²) in [6.45, 7) is 4.01. The van der Waals surface area contributed by atoms with Crippen LogP contribution < -0.4 is 14.8 Å². The van der Waals surface area contributed by atoms with Gasteiger partial charge in [0.05, 0.1) is 5.69 Å². The van der Waals surface area contributed by atoms with Gasteiger partial charge in [-0.1, -0.05) is 12.1 Å². The van der Waals surface area contributed by atoms with Gasteiger partial charge < -0.3 is 14.0 Å². The van der Waals surface area contributed by atoms with Crippen molar-refractivity contribution in [2.75, 3.05) is 12.1 Å². The van der Waals surface area contributed by atoms with E-state index in [0.717, 1.165) is 17.7 Å². The van der Waals surface area contributed by atoms with Crippen molar-refractivity contribution in [2.45, 2.75) is 20.3 Å². The predicted molar refractivity (Wildman–Crippen MR) is 71.1 cm³/mol. The highest BCUT2D eigenvalue weighted by Gasteiger charge is 2.18. The number of aromatic nitrogens is 1. The second-order valence-electron chi connectivity index (χ2n) is 4.45. The lowest BCUT2D eigenvalue weighted by Crippen LogP contribution is -2.12. The Balaban J connectivity index is 1.82. The molecule has 0 radical (unpaired) electrons. The first-order chi connectivity index (χ1) is 9.69. The number of rotatable bonds is 3. The number of benzene rings is 1. The molecule has 0 spiro atoms. The Bertz CT molecular complexity index is 663. The Morgan fingerprint density at radius 1 is 1.35 bits per heavy atom. The second kappa shape index (κ2) is 4.88. The number of carbonyl (C=O) groups excluding carboxylic acids is 1. The molecule has 1 aromatic carbocycles. The van der Waals surface area contributed by atoms with E-state index in [4.69, 9.17) is 14.0 Å². The Labute approximate surface area is 115 Å². The molecular formula is C14H14N2O4. The molecule has 104 valence electrons. The van der Waals surface area contributed by atoms with E-state index in [-0.39, 0.29) is 12.7 Å². The average Bonchev–Trinajstić information content (AvgIpc) is 3.04. The summed E-state index contributed by atoms with van der Waals surface area (Å²) < 4.78 is 15.6. The monoisotopic (exact) mass is 274 g/mol. The number of hydrogen-bond donors (Lipinski definition) is 1. The lowest BCUT2D eigenvalue weighted by atomic mass is 10.1. The van der Waals surface area contributed by atoms with Crippen LogP contribution in [0.25, 0.3) is 0 Å². The molecule has 1 aliphatic rings. The number of hydrogen-bond acceptors (Lipinski definition) is 5. The van der Waals surface area contributed by atoms with Crippen LogP contribution in [-0.2, 0) is 6.42 Å². The molecule has 0 saturated heterocycles. The summed E-state index contributed by atoms with van der Waals surface area (Å²) in [5.41, 5.74) is 2.16. The molecule has 20 heavy (non-hydrogen) atoms. The van der Waals surface area contributed by atoms with E-state index in [1.165, 1.54) is 0 Å². The van der Waals surface area contributed by atoms with E-state index in [1.54, 1.807) is 18.2 Å². The number of nitrogens with one attached hydrogen (secondary N) is 1. The zero-order valence-corrected chi connectivity index (χ0v) is 11.2. The number of nitrogens with zero attached hydrogens (tertiary/aromatic N) is 1. The molecular weight excluding hydrogens is 260 g/mol. The normalized spacial score (nSPS) is 12.5. The summed E-state index contributed by atoms with van der Waals surface area (Å²) in [7, 11) is 0. The van der Waals surface area contributed by atoms with Crippen LogP contribution in [-0.4, -0.2) is 17.9 Å². The minimum atomic E-state index is -0.269. The van der Waals surface area contributed by atoms with Crippen molar-refractivity contribution in [1.29, 1.82) is 0 Å². The molecule has 0 bridgehead atoms. The fraction of sp³-hybridized carbons (Fsp3) is 0.286. The maximum absolute atomic E-state index is 12.2. The van der Waals surface area contributed by atoms with E-state index < -0.39 is 0 Å². The molecule has 3 rings (SSSR count). The number of anilines is 1. The topological polar surface area (TPSA) is 73.6 Å². The first-order valence-electron chi connectivity index (χ1n) is 6.35. The Morgan fingerprint density at radius 2 is 2.15 bits per heavy atom. The Hall–Kier alpha value is -2.50. The van der Waals surface area contributed by atoms with Crippen molar-refractivity contribution in [3.05, 3.63) is 35.0 Å². The van der Waals surface area contributed by atoms with Crippen LogP contribution in [0.1, 0.15) is 28.5 Å². The summed E-state index contributed by atoms with van der Waals surface area (Å²) in [4.78, 5) is 12.2. The number of aryl methyl sites for hydroxylation is 1. The molecule has 0 saturated carbocycles. The van der Waals surface area contributed by atoms with E-state index in [0.29, 0.717) is 22.9 Å². The third-order valence-corrected chi connectivity index (χ3v) is 3.20. The van der Waals surface area contributed by atoms with Crippen LogP contribution >= 0.6 is 0 Å². The van der Waals surface area contributed by atoms with Crippen LogP contribution in [0.15, 0.2) is 22.7 Å². The SMILES string of the molecule is CCc1c(C)noc1NC(=O)c1ccc2c(c1)OCO2. The number of amides is 1. The highest BCUT2D eigenvalue weighted by molar-refractivity contribution is 6.04. The minimum absolute atomic E-state index is 0.182. The largest absolute Gasteiger partial charge is 0.454 e. The summed E-state index contributed by atoms with van der Waals surface area (Å²) in [6.07, 6.45) is 0.742. The summed E-state index contributed by atoms with van der Waals surface area (Å²) in [5.74, 6) is 1.34. The summed E-state index contributed by atoms with van der Waals surface area (Å²) in [5, 5.41) is 6.58. The van der Waals surface area contributed by atoms with Crippen LogP contribution in [0.5, 0.6) is 11.5 Å². The van der Waals surface area contributed by atoms with Gasteiger partial charge in [-0.3, -0.25) is 10.1 Å². The fourth-order valence-electron chi connectivity index (χ4n) is 2.12. The van der Waals surface area contributed by atoms with Crippen LogP contribution in [0.3, 0.4) is 0 Å². The van der Waals surface area contributed by atoms with Crippen LogP contribution in [0.4, 0.5) is 5.88 Å². The predicted octanol–water partition coefficient (Wildman–Crippen LogP) is 2.53. The van der Waals surface area contributed by atoms with E-state index in [9.17, 15) is 4.79 Å². The van der Waals surface area contributed by atoms with Gasteiger partial charge in [0.2, 0.25) is 12.7 Å². The molecule has 1 aromatic heterocycles. The highest BCUT2D eigenvalue weighted by Crippen LogP contribution is 2.32. The van der Waals surface area contributed by atoms with Crippen molar-refractivity contribution < 1.29 is 18.8 Å². The molecule has 1 aliphatic heterocycles. The van der Waals surface area contributed by atoms with Gasteiger partial charge in [-0.05, 0) is 31.5 Å². The average molecular weight is 274 g/mol. The third kappa shape index (κ3) is 2.09. The second-order valence-corrected chi connectivity index (χ2v) is 4.45. The standard InChI is InChI=1S/C14H14N2O4/c1-3-10-8(2)16-20-14(10)15-13(17)9-4-5-11-12(6-9)19-7-18-11/h4-6H,3,7H2,1-2H3,(H,15,17). The van der Waals surface area contributed by atoms with Crippen molar-refractivity contribution in [1.82, 2.24) is 5.16 Å². The van der Waals surface area contributed by atoms with Gasteiger partial charge in [-0.15, -0.1) is 0 Å². The molecule has 6 heteroatoms. The van der Waals surface area contributed by atoms with Gasteiger partial charge in [-0.25, -0.2) is 0 Å². The molecule has 0 atom stereocenters. The lowest BCUT2D eigenvalue weighted by Gasteiger charge is -2.04. The van der Waals surface area contributed by atoms with Crippen molar-refractivity contribution in [3.8, 4) is 11.5 Å². The van der Waals surface area contributed by atoms with E-state index >= 15 is 0 Å². The smallest absolute Gasteiger partial charge is 0.258 e. The fourth-order valence-corrected chi connectivity index (χ4v) is 2.12. The highest BCUT2D eigenvalue weighted by atomic mass is 16.7. The van der Waals surface area contributed by atoms with Crippen LogP contribution in [0.2, 0.25) is 0 Å². The summed E-state index contributed by atoms with van der Waals surface area (Å²) in [6, 6.07) is 5.04. The van der Waals surface area contributed by atoms with Gasteiger partial charge in [-0.2, -0.15) is 0 Å².